The summed E-state index contributed by atoms with van der Waals surface area (Å²) in [6.45, 7) is 0.550. The number of nitrogens with zero attached hydrogens (tertiary/aromatic N) is 1. The molecule has 0 aliphatic carbocycles. The van der Waals surface area contributed by atoms with Gasteiger partial charge in [0.1, 0.15) is 6.29 Å². The van der Waals surface area contributed by atoms with Crippen molar-refractivity contribution in [3.63, 3.8) is 0 Å². The predicted molar refractivity (Wildman–Crippen MR) is 39.1 cm³/mol. The molecule has 54 valence electrons. The van der Waals surface area contributed by atoms with Crippen LogP contribution in [0.4, 0.5) is 4.79 Å². The lowest BCUT2D eigenvalue weighted by Crippen LogP contribution is -2.26. The van der Waals surface area contributed by atoms with Crippen LogP contribution in [0.2, 0.25) is 0 Å². The second-order valence-corrected chi connectivity index (χ2v) is 2.07. The van der Waals surface area contributed by atoms with E-state index < -0.39 is 5.81 Å². The average molecular weight is 139 g/mol. The molecule has 0 aromatic heterocycles. The average Bonchev–Trinajstić information content (AvgIpc) is 1.88. The number of carbonyl (C=O) groups is 2. The highest BCUT2D eigenvalue weighted by atomic mass is 16.1. The van der Waals surface area contributed by atoms with Crippen molar-refractivity contribution in [2.45, 2.75) is 12.8 Å². The lowest BCUT2D eigenvalue weighted by atomic mass is 10.1. The highest BCUT2D eigenvalue weighted by molar-refractivity contribution is 6.56. The van der Waals surface area contributed by atoms with Crippen molar-refractivity contribution in [2.75, 3.05) is 13.6 Å². The van der Waals surface area contributed by atoms with E-state index in [0.717, 1.165) is 6.29 Å². The quantitative estimate of drug-likeness (QED) is 0.316. The zero-order chi connectivity index (χ0) is 7.98. The Kier molecular flexibility index (Phi) is 4.63. The fraction of sp³-hybridized carbons (Fsp3) is 0.667. The summed E-state index contributed by atoms with van der Waals surface area (Å²) < 4.78 is 0. The van der Waals surface area contributed by atoms with E-state index in [4.69, 9.17) is 7.85 Å². The van der Waals surface area contributed by atoms with Crippen molar-refractivity contribution in [1.82, 2.24) is 4.90 Å². The first-order valence-corrected chi connectivity index (χ1v) is 3.12. The molecule has 0 atom stereocenters. The second-order valence-electron chi connectivity index (χ2n) is 2.07. The number of hydrogen-bond donors (Lipinski definition) is 0. The largest absolute Gasteiger partial charge is 0.356 e. The molecule has 4 heteroatoms. The molecule has 0 fully saturated rings. The third-order valence-corrected chi connectivity index (χ3v) is 1.19. The Labute approximate surface area is 61.8 Å². The molecule has 0 aromatic rings. The van der Waals surface area contributed by atoms with Crippen molar-refractivity contribution >= 4 is 19.9 Å². The molecule has 10 heavy (non-hydrogen) atoms. The Morgan fingerprint density at radius 1 is 1.70 bits per heavy atom. The summed E-state index contributed by atoms with van der Waals surface area (Å²) in [6.07, 6.45) is 2.00. The maximum absolute atomic E-state index is 10.4. The molecule has 0 aromatic carbocycles. The number of aldehydes is 1. The number of carbonyl (C=O) groups excluding carboxylic acids is 2. The summed E-state index contributed by atoms with van der Waals surface area (Å²) in [5.74, 6) is -0.453. The van der Waals surface area contributed by atoms with E-state index >= 15 is 0 Å². The van der Waals surface area contributed by atoms with Gasteiger partial charge in [0.25, 0.3) is 0 Å². The SMILES string of the molecule is [B]C(=O)N(C)CCCC=O. The van der Waals surface area contributed by atoms with E-state index in [0.29, 0.717) is 19.4 Å². The third-order valence-electron chi connectivity index (χ3n) is 1.19. The molecule has 3 nitrogen and oxygen atoms in total. The minimum atomic E-state index is -0.453. The molecule has 0 rings (SSSR count). The number of unbranched alkanes of at least 4 members (excludes halogenated alkanes) is 1. The van der Waals surface area contributed by atoms with Gasteiger partial charge in [-0.2, -0.15) is 0 Å². The lowest BCUT2D eigenvalue weighted by molar-refractivity contribution is -0.107. The molecule has 0 heterocycles. The minimum Gasteiger partial charge on any atom is -0.356 e. The molecule has 0 saturated heterocycles. The van der Waals surface area contributed by atoms with Gasteiger partial charge in [-0.05, 0) is 6.42 Å². The van der Waals surface area contributed by atoms with Crippen LogP contribution >= 0.6 is 0 Å². The van der Waals surface area contributed by atoms with Crippen molar-refractivity contribution < 1.29 is 9.59 Å². The van der Waals surface area contributed by atoms with Crippen LogP contribution in [0.5, 0.6) is 0 Å². The van der Waals surface area contributed by atoms with Crippen LogP contribution in [0.25, 0.3) is 0 Å². The zero-order valence-electron chi connectivity index (χ0n) is 6.04. The lowest BCUT2D eigenvalue weighted by Gasteiger charge is -2.13. The third kappa shape index (κ3) is 4.12. The van der Waals surface area contributed by atoms with Crippen LogP contribution in [0.3, 0.4) is 0 Å². The van der Waals surface area contributed by atoms with E-state index in [1.165, 1.54) is 4.90 Å². The first-order chi connectivity index (χ1) is 4.68. The molecule has 0 unspecified atom stereocenters. The summed E-state index contributed by atoms with van der Waals surface area (Å²) in [4.78, 5) is 21.6. The first-order valence-electron chi connectivity index (χ1n) is 3.12. The highest BCUT2D eigenvalue weighted by Crippen LogP contribution is 1.89. The van der Waals surface area contributed by atoms with Crippen LogP contribution in [-0.2, 0) is 4.79 Å². The Morgan fingerprint density at radius 2 is 2.30 bits per heavy atom. The fourth-order valence-corrected chi connectivity index (χ4v) is 0.522. The molecule has 0 spiro atoms. The fourth-order valence-electron chi connectivity index (χ4n) is 0.522. The standard InChI is InChI=1S/C6H10BNO2/c1-8(6(7)10)4-2-3-5-9/h5H,2-4H2,1H3. The molecule has 0 aliphatic heterocycles. The van der Waals surface area contributed by atoms with Gasteiger partial charge in [0, 0.05) is 20.0 Å². The van der Waals surface area contributed by atoms with E-state index in [2.05, 4.69) is 0 Å². The zero-order valence-corrected chi connectivity index (χ0v) is 6.04. The monoisotopic (exact) mass is 139 g/mol. The molecule has 0 aliphatic rings. The normalized spacial score (nSPS) is 8.90. The summed E-state index contributed by atoms with van der Waals surface area (Å²) in [6, 6.07) is 0. The van der Waals surface area contributed by atoms with Crippen LogP contribution < -0.4 is 0 Å². The van der Waals surface area contributed by atoms with Gasteiger partial charge in [-0.3, -0.25) is 4.79 Å². The van der Waals surface area contributed by atoms with Gasteiger partial charge in [-0.15, -0.1) is 0 Å². The van der Waals surface area contributed by atoms with Crippen LogP contribution in [0.15, 0.2) is 0 Å². The van der Waals surface area contributed by atoms with E-state index in [-0.39, 0.29) is 0 Å². The maximum Gasteiger partial charge on any atom is 0.200 e. The smallest absolute Gasteiger partial charge is 0.200 e. The first kappa shape index (κ1) is 9.20. The Hall–Kier alpha value is -0.795. The number of amides is 1. The van der Waals surface area contributed by atoms with Gasteiger partial charge < -0.3 is 9.69 Å². The molecular weight excluding hydrogens is 129 g/mol. The summed E-state index contributed by atoms with van der Waals surface area (Å²) in [5, 5.41) is 0. The molecule has 1 amide bonds. The van der Waals surface area contributed by atoms with Crippen molar-refractivity contribution in [3.8, 4) is 0 Å². The molecule has 0 saturated carbocycles. The molecule has 0 N–H and O–H groups in total. The Balaban J connectivity index is 3.30. The van der Waals surface area contributed by atoms with Crippen molar-refractivity contribution in [2.24, 2.45) is 0 Å². The van der Waals surface area contributed by atoms with Gasteiger partial charge in [0.05, 0.1) is 0 Å². The summed E-state index contributed by atoms with van der Waals surface area (Å²) >= 11 is 0. The van der Waals surface area contributed by atoms with Crippen LogP contribution in [0.1, 0.15) is 12.8 Å². The Morgan fingerprint density at radius 3 is 2.70 bits per heavy atom. The topological polar surface area (TPSA) is 37.4 Å². The minimum absolute atomic E-state index is 0.453. The van der Waals surface area contributed by atoms with E-state index in [1.54, 1.807) is 7.05 Å². The molecule has 0 bridgehead atoms. The molecule has 2 radical (unpaired) electrons. The van der Waals surface area contributed by atoms with E-state index in [9.17, 15) is 9.59 Å². The summed E-state index contributed by atoms with van der Waals surface area (Å²) in [5.41, 5.74) is 0. The molecular formula is C6H10BNO2. The van der Waals surface area contributed by atoms with Gasteiger partial charge in [-0.1, -0.05) is 0 Å². The maximum atomic E-state index is 10.4. The van der Waals surface area contributed by atoms with Crippen LogP contribution in [-0.4, -0.2) is 38.4 Å². The van der Waals surface area contributed by atoms with Crippen molar-refractivity contribution in [3.05, 3.63) is 0 Å². The summed E-state index contributed by atoms with van der Waals surface area (Å²) in [7, 11) is 6.52. The van der Waals surface area contributed by atoms with Crippen LogP contribution in [0, 0.1) is 0 Å². The van der Waals surface area contributed by atoms with Crippen molar-refractivity contribution in [1.29, 1.82) is 0 Å². The number of rotatable bonds is 4. The van der Waals surface area contributed by atoms with Gasteiger partial charge >= 0.3 is 0 Å². The van der Waals surface area contributed by atoms with Gasteiger partial charge in [-0.25, -0.2) is 0 Å². The number of hydrogen-bond acceptors (Lipinski definition) is 2. The van der Waals surface area contributed by atoms with E-state index in [1.807, 2.05) is 0 Å². The predicted octanol–water partition coefficient (Wildman–Crippen LogP) is 0.186. The van der Waals surface area contributed by atoms with Gasteiger partial charge in [0.15, 0.2) is 5.81 Å². The van der Waals surface area contributed by atoms with Gasteiger partial charge in [0.2, 0.25) is 7.85 Å². The highest BCUT2D eigenvalue weighted by Gasteiger charge is 1.98. The second kappa shape index (κ2) is 5.03. The Bertz CT molecular complexity index is 127.